The molecule has 142 valence electrons. The minimum absolute atomic E-state index is 0.0274. The summed E-state index contributed by atoms with van der Waals surface area (Å²) < 4.78 is 9.72. The zero-order chi connectivity index (χ0) is 18.7. The van der Waals surface area contributed by atoms with Crippen LogP contribution in [-0.4, -0.2) is 42.8 Å². The van der Waals surface area contributed by atoms with Crippen LogP contribution >= 0.6 is 6.72 Å². The minimum atomic E-state index is -3.14. The number of amides is 1. The predicted molar refractivity (Wildman–Crippen MR) is 99.9 cm³/mol. The van der Waals surface area contributed by atoms with Gasteiger partial charge in [0.05, 0.1) is 6.61 Å². The van der Waals surface area contributed by atoms with Gasteiger partial charge in [-0.15, -0.1) is 0 Å². The highest BCUT2D eigenvalue weighted by Crippen LogP contribution is 2.42. The Labute approximate surface area is 147 Å². The summed E-state index contributed by atoms with van der Waals surface area (Å²) in [6.45, 7) is 7.46. The molecule has 0 aliphatic heterocycles. The monoisotopic (exact) mass is 373 g/mol. The maximum atomic E-state index is 11.0. The molecule has 0 aliphatic rings. The summed E-state index contributed by atoms with van der Waals surface area (Å²) in [5, 5.41) is 12.0. The standard InChI is InChI=1S/C11H24NO5PS.2C2H6/c1-3-11(14)12-7-5-4-6-10(8-13)9-17-18(15,19)16-2;2*1-2/h10,13H,3-9H2,1-2H3,(H,12,14)(H,15,19);2*1-2H3. The summed E-state index contributed by atoms with van der Waals surface area (Å²) in [6, 6.07) is 0. The maximum Gasteiger partial charge on any atom is 0.324 e. The molecule has 0 spiro atoms. The SMILES string of the molecule is CC.CC.CCC(=O)NCCCCC(CO)COP(O)(=S)OC. The number of hydrogen-bond acceptors (Lipinski definition) is 5. The molecular formula is C15H36NO5PS. The highest BCUT2D eigenvalue weighted by Gasteiger charge is 2.16. The van der Waals surface area contributed by atoms with E-state index >= 15 is 0 Å². The second kappa shape index (κ2) is 20.0. The summed E-state index contributed by atoms with van der Waals surface area (Å²) in [4.78, 5) is 20.4. The van der Waals surface area contributed by atoms with Gasteiger partial charge in [-0.1, -0.05) is 41.0 Å². The van der Waals surface area contributed by atoms with Crippen LogP contribution in [0.15, 0.2) is 0 Å². The molecule has 6 nitrogen and oxygen atoms in total. The fourth-order valence-electron chi connectivity index (χ4n) is 1.39. The molecule has 0 bridgehead atoms. The predicted octanol–water partition coefficient (Wildman–Crippen LogP) is 3.22. The molecule has 2 unspecified atom stereocenters. The third-order valence-electron chi connectivity index (χ3n) is 2.64. The first-order valence-corrected chi connectivity index (χ1v) is 10.9. The van der Waals surface area contributed by atoms with Gasteiger partial charge in [0.15, 0.2) is 0 Å². The Morgan fingerprint density at radius 2 is 1.83 bits per heavy atom. The summed E-state index contributed by atoms with van der Waals surface area (Å²) in [5.41, 5.74) is 0. The molecule has 0 rings (SSSR count). The lowest BCUT2D eigenvalue weighted by molar-refractivity contribution is -0.120. The Kier molecular flexibility index (Phi) is 24.2. The average Bonchev–Trinajstić information content (AvgIpc) is 2.60. The van der Waals surface area contributed by atoms with Crippen LogP contribution in [0.25, 0.3) is 0 Å². The van der Waals surface area contributed by atoms with Gasteiger partial charge >= 0.3 is 6.72 Å². The topological polar surface area (TPSA) is 88.0 Å². The zero-order valence-electron chi connectivity index (χ0n) is 15.5. The van der Waals surface area contributed by atoms with Crippen LogP contribution < -0.4 is 5.32 Å². The number of hydrogen-bond donors (Lipinski definition) is 3. The average molecular weight is 373 g/mol. The van der Waals surface area contributed by atoms with Crippen molar-refractivity contribution < 1.29 is 23.8 Å². The molecular weight excluding hydrogens is 337 g/mol. The third-order valence-corrected chi connectivity index (χ3v) is 4.34. The van der Waals surface area contributed by atoms with Gasteiger partial charge in [-0.3, -0.25) is 4.79 Å². The van der Waals surface area contributed by atoms with E-state index in [-0.39, 0.29) is 25.0 Å². The fourth-order valence-corrected chi connectivity index (χ4v) is 2.08. The van der Waals surface area contributed by atoms with Crippen molar-refractivity contribution in [1.82, 2.24) is 5.32 Å². The zero-order valence-corrected chi connectivity index (χ0v) is 17.2. The molecule has 2 atom stereocenters. The van der Waals surface area contributed by atoms with Crippen molar-refractivity contribution in [3.63, 3.8) is 0 Å². The highest BCUT2D eigenvalue weighted by molar-refractivity contribution is 8.07. The number of aliphatic hydroxyl groups is 1. The van der Waals surface area contributed by atoms with Crippen LogP contribution in [-0.2, 0) is 25.6 Å². The minimum Gasteiger partial charge on any atom is -0.396 e. The van der Waals surface area contributed by atoms with Crippen molar-refractivity contribution in [2.75, 3.05) is 26.9 Å². The van der Waals surface area contributed by atoms with Crippen molar-refractivity contribution in [2.45, 2.75) is 60.3 Å². The van der Waals surface area contributed by atoms with Crippen molar-refractivity contribution in [1.29, 1.82) is 0 Å². The number of carbonyl (C=O) groups excluding carboxylic acids is 1. The third kappa shape index (κ3) is 19.9. The highest BCUT2D eigenvalue weighted by atomic mass is 32.5. The van der Waals surface area contributed by atoms with Crippen LogP contribution in [0.5, 0.6) is 0 Å². The van der Waals surface area contributed by atoms with Crippen molar-refractivity contribution in [3.8, 4) is 0 Å². The lowest BCUT2D eigenvalue weighted by atomic mass is 10.0. The van der Waals surface area contributed by atoms with Crippen LogP contribution in [0.1, 0.15) is 60.3 Å². The normalized spacial score (nSPS) is 13.6. The van der Waals surface area contributed by atoms with Gasteiger partial charge in [-0.05, 0) is 24.6 Å². The lowest BCUT2D eigenvalue weighted by Gasteiger charge is -2.18. The molecule has 0 saturated heterocycles. The van der Waals surface area contributed by atoms with E-state index in [1.807, 2.05) is 34.6 Å². The van der Waals surface area contributed by atoms with E-state index in [0.29, 0.717) is 13.0 Å². The molecule has 3 N–H and O–H groups in total. The van der Waals surface area contributed by atoms with Gasteiger partial charge in [0.25, 0.3) is 0 Å². The van der Waals surface area contributed by atoms with Crippen molar-refractivity contribution in [2.24, 2.45) is 5.92 Å². The van der Waals surface area contributed by atoms with E-state index < -0.39 is 6.72 Å². The van der Waals surface area contributed by atoms with Gasteiger partial charge in [0.1, 0.15) is 0 Å². The molecule has 0 heterocycles. The summed E-state index contributed by atoms with van der Waals surface area (Å²) in [7, 11) is 1.30. The van der Waals surface area contributed by atoms with E-state index in [2.05, 4.69) is 9.84 Å². The number of aliphatic hydroxyl groups excluding tert-OH is 1. The van der Waals surface area contributed by atoms with E-state index in [9.17, 15) is 14.8 Å². The molecule has 0 saturated carbocycles. The van der Waals surface area contributed by atoms with E-state index in [1.54, 1.807) is 0 Å². The Morgan fingerprint density at radius 1 is 1.26 bits per heavy atom. The van der Waals surface area contributed by atoms with Crippen LogP contribution in [0.2, 0.25) is 0 Å². The first-order valence-electron chi connectivity index (χ1n) is 8.35. The van der Waals surface area contributed by atoms with E-state index in [0.717, 1.165) is 19.3 Å². The van der Waals surface area contributed by atoms with Gasteiger partial charge in [0, 0.05) is 32.6 Å². The van der Waals surface area contributed by atoms with Gasteiger partial charge < -0.3 is 24.4 Å². The Morgan fingerprint density at radius 3 is 2.26 bits per heavy atom. The number of carbonyl (C=O) groups is 1. The van der Waals surface area contributed by atoms with Crippen LogP contribution in [0.4, 0.5) is 0 Å². The first kappa shape index (κ1) is 27.8. The van der Waals surface area contributed by atoms with Crippen LogP contribution in [0, 0.1) is 5.92 Å². The molecule has 0 radical (unpaired) electrons. The molecule has 0 aromatic rings. The summed E-state index contributed by atoms with van der Waals surface area (Å²) in [6.07, 6.45) is 2.95. The Balaban J connectivity index is -0.000000919. The Bertz CT molecular complexity index is 306. The molecule has 0 aromatic carbocycles. The maximum absolute atomic E-state index is 11.0. The van der Waals surface area contributed by atoms with E-state index in [4.69, 9.17) is 16.3 Å². The molecule has 1 amide bonds. The quantitative estimate of drug-likeness (QED) is 0.381. The second-order valence-electron chi connectivity index (χ2n) is 4.19. The molecule has 8 heteroatoms. The summed E-state index contributed by atoms with van der Waals surface area (Å²) in [5.74, 6) is -0.0328. The number of rotatable bonds is 11. The number of unbranched alkanes of at least 4 members (excludes halogenated alkanes) is 1. The molecule has 0 aromatic heterocycles. The van der Waals surface area contributed by atoms with Crippen LogP contribution in [0.3, 0.4) is 0 Å². The smallest absolute Gasteiger partial charge is 0.324 e. The first-order chi connectivity index (χ1) is 10.9. The van der Waals surface area contributed by atoms with Gasteiger partial charge in [-0.2, -0.15) is 0 Å². The van der Waals surface area contributed by atoms with Crippen molar-refractivity contribution in [3.05, 3.63) is 0 Å². The molecule has 23 heavy (non-hydrogen) atoms. The van der Waals surface area contributed by atoms with E-state index in [1.165, 1.54) is 7.11 Å². The largest absolute Gasteiger partial charge is 0.396 e. The Hall–Kier alpha value is -0.0400. The number of nitrogens with one attached hydrogen (secondary N) is 1. The molecule has 0 fully saturated rings. The van der Waals surface area contributed by atoms with Crippen molar-refractivity contribution >= 4 is 24.4 Å². The van der Waals surface area contributed by atoms with Gasteiger partial charge in [-0.25, -0.2) is 0 Å². The fraction of sp³-hybridized carbons (Fsp3) is 0.933. The molecule has 0 aliphatic carbocycles. The van der Waals surface area contributed by atoms with Gasteiger partial charge in [0.2, 0.25) is 5.91 Å². The summed E-state index contributed by atoms with van der Waals surface area (Å²) >= 11 is 4.70. The lowest BCUT2D eigenvalue weighted by Crippen LogP contribution is -2.23. The second-order valence-corrected chi connectivity index (χ2v) is 7.14.